The van der Waals surface area contributed by atoms with Crippen LogP contribution in [0.4, 0.5) is 4.79 Å². The molecule has 0 heterocycles. The van der Waals surface area contributed by atoms with E-state index >= 15 is 0 Å². The Labute approximate surface area is 203 Å². The van der Waals surface area contributed by atoms with Crippen LogP contribution in [0.3, 0.4) is 0 Å². The lowest BCUT2D eigenvalue weighted by Crippen LogP contribution is -2.49. The average molecular weight is 483 g/mol. The quantitative estimate of drug-likeness (QED) is 0.467. The minimum atomic E-state index is -0.865. The van der Waals surface area contributed by atoms with Crippen LogP contribution in [0.2, 0.25) is 0 Å². The second-order valence-corrected chi connectivity index (χ2v) is 9.81. The maximum Gasteiger partial charge on any atom is 0.407 e. The third-order valence-electron chi connectivity index (χ3n) is 6.52. The lowest BCUT2D eigenvalue weighted by molar-refractivity contribution is -0.134. The first-order valence-electron chi connectivity index (χ1n) is 11.7. The molecule has 0 saturated heterocycles. The smallest absolute Gasteiger partial charge is 0.407 e. The zero-order chi connectivity index (χ0) is 23.9. The number of fused-ring (bicyclic) bond motifs is 3. The third-order valence-corrected chi connectivity index (χ3v) is 7.46. The Balaban J connectivity index is 1.30. The molecule has 2 aromatic carbocycles. The number of thioether (sulfide) groups is 1. The monoisotopic (exact) mass is 482 g/mol. The lowest BCUT2D eigenvalue weighted by Gasteiger charge is -2.31. The van der Waals surface area contributed by atoms with E-state index in [9.17, 15) is 14.4 Å². The number of carbonyl (C=O) groups is 3. The largest absolute Gasteiger partial charge is 0.481 e. The van der Waals surface area contributed by atoms with Crippen LogP contribution in [-0.2, 0) is 14.3 Å². The van der Waals surface area contributed by atoms with E-state index in [1.165, 1.54) is 22.9 Å². The van der Waals surface area contributed by atoms with Crippen molar-refractivity contribution in [2.75, 3.05) is 24.7 Å². The Bertz CT molecular complexity index is 998. The Kier molecular flexibility index (Phi) is 8.11. The molecule has 1 saturated carbocycles. The van der Waals surface area contributed by atoms with E-state index in [0.29, 0.717) is 18.7 Å². The van der Waals surface area contributed by atoms with Crippen LogP contribution in [0, 0.1) is 5.92 Å². The van der Waals surface area contributed by atoms with Crippen molar-refractivity contribution in [2.45, 2.75) is 37.6 Å². The summed E-state index contributed by atoms with van der Waals surface area (Å²) in [6.07, 6.45) is 2.84. The van der Waals surface area contributed by atoms with Crippen LogP contribution in [0.15, 0.2) is 48.5 Å². The van der Waals surface area contributed by atoms with Crippen LogP contribution in [-0.4, -0.2) is 53.8 Å². The number of carboxylic acid groups (broad SMARTS) is 1. The number of ether oxygens (including phenoxy) is 1. The number of hydrogen-bond donors (Lipinski definition) is 3. The number of benzene rings is 2. The first kappa shape index (κ1) is 24.1. The highest BCUT2D eigenvalue weighted by atomic mass is 32.2. The molecule has 180 valence electrons. The van der Waals surface area contributed by atoms with Gasteiger partial charge in [-0.15, -0.1) is 11.8 Å². The second-order valence-electron chi connectivity index (χ2n) is 8.70. The van der Waals surface area contributed by atoms with Gasteiger partial charge in [0.05, 0.1) is 11.7 Å². The van der Waals surface area contributed by atoms with Crippen molar-refractivity contribution in [3.8, 4) is 11.1 Å². The summed E-state index contributed by atoms with van der Waals surface area (Å²) in [5.41, 5.74) is 4.68. The van der Waals surface area contributed by atoms with Gasteiger partial charge in [0.2, 0.25) is 5.91 Å². The number of rotatable bonds is 9. The average Bonchev–Trinajstić information content (AvgIpc) is 3.16. The molecule has 2 aromatic rings. The second kappa shape index (κ2) is 11.4. The highest BCUT2D eigenvalue weighted by molar-refractivity contribution is 7.99. The summed E-state index contributed by atoms with van der Waals surface area (Å²) < 4.78 is 5.67. The summed E-state index contributed by atoms with van der Waals surface area (Å²) in [5, 5.41) is 14.5. The van der Waals surface area contributed by atoms with Crippen LogP contribution in [0.5, 0.6) is 0 Å². The van der Waals surface area contributed by atoms with Crippen molar-refractivity contribution in [3.05, 3.63) is 59.7 Å². The predicted octanol–water partition coefficient (Wildman–Crippen LogP) is 4.02. The maximum atomic E-state index is 12.7. The molecule has 3 N–H and O–H groups in total. The van der Waals surface area contributed by atoms with Crippen LogP contribution in [0.25, 0.3) is 11.1 Å². The Morgan fingerprint density at radius 3 is 2.29 bits per heavy atom. The fourth-order valence-corrected chi connectivity index (χ4v) is 5.51. The number of hydrogen-bond acceptors (Lipinski definition) is 5. The Hall–Kier alpha value is -3.00. The summed E-state index contributed by atoms with van der Waals surface area (Å²) >= 11 is 1.27. The zero-order valence-corrected chi connectivity index (χ0v) is 19.8. The topological polar surface area (TPSA) is 105 Å². The zero-order valence-electron chi connectivity index (χ0n) is 19.0. The van der Waals surface area contributed by atoms with E-state index in [4.69, 9.17) is 9.84 Å². The third kappa shape index (κ3) is 5.73. The van der Waals surface area contributed by atoms with Gasteiger partial charge in [0.1, 0.15) is 6.61 Å². The molecule has 8 heteroatoms. The van der Waals surface area contributed by atoms with Crippen LogP contribution >= 0.6 is 11.8 Å². The van der Waals surface area contributed by atoms with E-state index in [1.54, 1.807) is 0 Å². The molecule has 34 heavy (non-hydrogen) atoms. The van der Waals surface area contributed by atoms with Gasteiger partial charge in [-0.2, -0.15) is 0 Å². The molecule has 2 unspecified atom stereocenters. The molecule has 0 bridgehead atoms. The minimum Gasteiger partial charge on any atom is -0.481 e. The van der Waals surface area contributed by atoms with Gasteiger partial charge in [0.15, 0.2) is 0 Å². The molecule has 2 aliphatic carbocycles. The molecule has 1 fully saturated rings. The summed E-state index contributed by atoms with van der Waals surface area (Å²) in [6.45, 7) is 0.648. The summed E-state index contributed by atoms with van der Waals surface area (Å²) in [7, 11) is 0. The molecule has 7 nitrogen and oxygen atoms in total. The fraction of sp³-hybridized carbons (Fsp3) is 0.423. The number of nitrogens with one attached hydrogen (secondary N) is 2. The van der Waals surface area contributed by atoms with Gasteiger partial charge < -0.3 is 20.5 Å². The number of aliphatic carboxylic acids is 1. The van der Waals surface area contributed by atoms with Crippen molar-refractivity contribution in [2.24, 2.45) is 5.92 Å². The number of amides is 2. The highest BCUT2D eigenvalue weighted by Crippen LogP contribution is 2.44. The number of carboxylic acids is 1. The van der Waals surface area contributed by atoms with Gasteiger partial charge in [-0.3, -0.25) is 9.59 Å². The van der Waals surface area contributed by atoms with Crippen LogP contribution in [0.1, 0.15) is 42.7 Å². The molecular formula is C26H30N2O5S. The summed E-state index contributed by atoms with van der Waals surface area (Å²) in [6, 6.07) is 16.1. The molecule has 2 amide bonds. The Morgan fingerprint density at radius 1 is 0.971 bits per heavy atom. The predicted molar refractivity (Wildman–Crippen MR) is 132 cm³/mol. The van der Waals surface area contributed by atoms with Crippen LogP contribution < -0.4 is 10.6 Å². The molecule has 2 aliphatic rings. The molecule has 0 radical (unpaired) electrons. The van der Waals surface area contributed by atoms with E-state index < -0.39 is 12.1 Å². The first-order valence-corrected chi connectivity index (χ1v) is 12.9. The summed E-state index contributed by atoms with van der Waals surface area (Å²) in [5.74, 6) is -0.721. The van der Waals surface area contributed by atoms with Gasteiger partial charge in [-0.05, 0) is 35.1 Å². The van der Waals surface area contributed by atoms with Crippen molar-refractivity contribution >= 4 is 29.7 Å². The van der Waals surface area contributed by atoms with E-state index in [0.717, 1.165) is 30.4 Å². The molecular weight excluding hydrogens is 452 g/mol. The normalized spacial score (nSPS) is 19.1. The molecule has 0 aromatic heterocycles. The van der Waals surface area contributed by atoms with Gasteiger partial charge in [-0.25, -0.2) is 4.79 Å². The van der Waals surface area contributed by atoms with Crippen molar-refractivity contribution < 1.29 is 24.2 Å². The van der Waals surface area contributed by atoms with Crippen molar-refractivity contribution in [1.29, 1.82) is 0 Å². The fourth-order valence-electron chi connectivity index (χ4n) is 4.95. The first-order chi connectivity index (χ1) is 16.5. The Morgan fingerprint density at radius 2 is 1.62 bits per heavy atom. The molecule has 2 atom stereocenters. The van der Waals surface area contributed by atoms with E-state index in [1.807, 2.05) is 24.3 Å². The molecule has 0 aliphatic heterocycles. The van der Waals surface area contributed by atoms with Crippen molar-refractivity contribution in [1.82, 2.24) is 10.6 Å². The van der Waals surface area contributed by atoms with Crippen molar-refractivity contribution in [3.63, 3.8) is 0 Å². The number of carbonyl (C=O) groups excluding carboxylic acids is 2. The minimum absolute atomic E-state index is 0.00750. The molecule has 4 rings (SSSR count). The number of alkyl carbamates (subject to hydrolysis) is 1. The summed E-state index contributed by atoms with van der Waals surface area (Å²) in [4.78, 5) is 36.0. The van der Waals surface area contributed by atoms with Gasteiger partial charge in [0, 0.05) is 24.3 Å². The van der Waals surface area contributed by atoms with Gasteiger partial charge in [0.25, 0.3) is 0 Å². The van der Waals surface area contributed by atoms with Gasteiger partial charge in [-0.1, -0.05) is 61.4 Å². The lowest BCUT2D eigenvalue weighted by atomic mass is 9.84. The van der Waals surface area contributed by atoms with E-state index in [2.05, 4.69) is 34.9 Å². The highest BCUT2D eigenvalue weighted by Gasteiger charge is 2.33. The standard InChI is InChI=1S/C26H30N2O5S/c29-24(30)16-34-14-13-27-25(31)21-11-5-6-12-23(21)28-26(32)33-15-22-19-9-3-1-7-17(19)18-8-2-4-10-20(18)22/h1-4,7-10,21-23H,5-6,11-16H2,(H,27,31)(H,28,32)(H,29,30). The van der Waals surface area contributed by atoms with Gasteiger partial charge >= 0.3 is 12.1 Å². The van der Waals surface area contributed by atoms with E-state index in [-0.39, 0.29) is 36.1 Å². The maximum absolute atomic E-state index is 12.7. The SMILES string of the molecule is O=C(O)CSCCNC(=O)C1CCCCC1NC(=O)OCC1c2ccccc2-c2ccccc21. The molecule has 0 spiro atoms.